The number of carbonyl (C=O) groups excluding carboxylic acids is 1. The van der Waals surface area contributed by atoms with E-state index in [1.54, 1.807) is 16.6 Å². The van der Waals surface area contributed by atoms with Gasteiger partial charge in [-0.1, -0.05) is 28.0 Å². The molecule has 3 rings (SSSR count). The number of nitrogens with zero attached hydrogens (tertiary/aromatic N) is 4. The van der Waals surface area contributed by atoms with Gasteiger partial charge < -0.3 is 10.1 Å². The second kappa shape index (κ2) is 9.28. The number of nitrogens with one attached hydrogen (secondary N) is 1. The fourth-order valence-electron chi connectivity index (χ4n) is 2.64. The molecular weight excluding hydrogens is 358 g/mol. The van der Waals surface area contributed by atoms with Crippen molar-refractivity contribution >= 4 is 33.1 Å². The van der Waals surface area contributed by atoms with Gasteiger partial charge in [-0.15, -0.1) is 15.3 Å². The van der Waals surface area contributed by atoms with Gasteiger partial charge >= 0.3 is 0 Å². The fourth-order valence-corrected chi connectivity index (χ4v) is 5.67. The largest absolute Gasteiger partial charge is 0.477 e. The first-order valence-electron chi connectivity index (χ1n) is 8.65. The highest BCUT2D eigenvalue weighted by molar-refractivity contribution is 8.77. The second-order valence-corrected chi connectivity index (χ2v) is 8.63. The number of hydrogen-bond donors (Lipinski definition) is 1. The quantitative estimate of drug-likeness (QED) is 0.528. The van der Waals surface area contributed by atoms with Crippen LogP contribution in [0, 0.1) is 0 Å². The molecule has 3 heterocycles. The Morgan fingerprint density at radius 2 is 2.32 bits per heavy atom. The number of fused-ring (bicyclic) bond motifs is 1. The van der Waals surface area contributed by atoms with Crippen LogP contribution in [0.15, 0.2) is 12.1 Å². The van der Waals surface area contributed by atoms with Gasteiger partial charge in [0.15, 0.2) is 11.5 Å². The topological polar surface area (TPSA) is 81.4 Å². The predicted octanol–water partition coefficient (Wildman–Crippen LogP) is 2.85. The molecule has 25 heavy (non-hydrogen) atoms. The van der Waals surface area contributed by atoms with Crippen molar-refractivity contribution in [2.24, 2.45) is 0 Å². The lowest BCUT2D eigenvalue weighted by molar-refractivity contribution is -0.121. The summed E-state index contributed by atoms with van der Waals surface area (Å²) >= 11 is 0. The Balaban J connectivity index is 1.43. The van der Waals surface area contributed by atoms with Gasteiger partial charge in [0.05, 0.1) is 13.2 Å². The zero-order chi connectivity index (χ0) is 17.5. The molecule has 1 unspecified atom stereocenters. The van der Waals surface area contributed by atoms with E-state index in [2.05, 4.69) is 20.6 Å². The SMILES string of the molecule is CCOc1ccc2nnc(CNC(=O)CCCCC3CCSS3)n2n1. The molecule has 0 spiro atoms. The Kier molecular flexibility index (Phi) is 6.80. The highest BCUT2D eigenvalue weighted by atomic mass is 33.1. The number of amides is 1. The monoisotopic (exact) mass is 381 g/mol. The standard InChI is InChI=1S/C16H23N5O2S2/c1-2-23-16-8-7-13-18-19-14(21(13)20-16)11-17-15(22)6-4-3-5-12-9-10-24-25-12/h7-8,12H,2-6,9-11H2,1H3,(H,17,22). The molecule has 7 nitrogen and oxygen atoms in total. The van der Waals surface area contributed by atoms with Gasteiger partial charge in [0, 0.05) is 23.5 Å². The highest BCUT2D eigenvalue weighted by Gasteiger charge is 2.16. The number of unbranched alkanes of at least 4 members (excludes halogenated alkanes) is 1. The molecule has 1 aliphatic heterocycles. The summed E-state index contributed by atoms with van der Waals surface area (Å²) in [6.45, 7) is 2.77. The van der Waals surface area contributed by atoms with Gasteiger partial charge in [0.2, 0.25) is 11.8 Å². The van der Waals surface area contributed by atoms with Crippen LogP contribution < -0.4 is 10.1 Å². The number of carbonyl (C=O) groups is 1. The van der Waals surface area contributed by atoms with Crippen LogP contribution in [0.25, 0.3) is 5.65 Å². The van der Waals surface area contributed by atoms with Crippen LogP contribution >= 0.6 is 21.6 Å². The summed E-state index contributed by atoms with van der Waals surface area (Å²) in [5.41, 5.74) is 0.639. The maximum absolute atomic E-state index is 12.0. The molecule has 0 radical (unpaired) electrons. The van der Waals surface area contributed by atoms with Gasteiger partial charge in [-0.2, -0.15) is 4.52 Å². The van der Waals surface area contributed by atoms with E-state index in [4.69, 9.17) is 4.74 Å². The Morgan fingerprint density at radius 3 is 3.12 bits per heavy atom. The zero-order valence-electron chi connectivity index (χ0n) is 14.3. The third-order valence-corrected chi connectivity index (χ3v) is 6.95. The molecule has 1 atom stereocenters. The van der Waals surface area contributed by atoms with Gasteiger partial charge in [-0.25, -0.2) is 0 Å². The van der Waals surface area contributed by atoms with E-state index in [1.165, 1.54) is 18.6 Å². The molecule has 0 saturated carbocycles. The van der Waals surface area contributed by atoms with Crippen molar-refractivity contribution in [3.63, 3.8) is 0 Å². The normalized spacial score (nSPS) is 17.1. The van der Waals surface area contributed by atoms with Crippen LogP contribution in [0.3, 0.4) is 0 Å². The van der Waals surface area contributed by atoms with E-state index in [0.29, 0.717) is 36.9 Å². The van der Waals surface area contributed by atoms with Crippen molar-refractivity contribution in [1.29, 1.82) is 0 Å². The van der Waals surface area contributed by atoms with Crippen LogP contribution in [0.2, 0.25) is 0 Å². The van der Waals surface area contributed by atoms with E-state index in [-0.39, 0.29) is 5.91 Å². The number of hydrogen-bond acceptors (Lipinski definition) is 7. The van der Waals surface area contributed by atoms with E-state index >= 15 is 0 Å². The highest BCUT2D eigenvalue weighted by Crippen LogP contribution is 2.39. The average molecular weight is 382 g/mol. The van der Waals surface area contributed by atoms with E-state index in [9.17, 15) is 4.79 Å². The summed E-state index contributed by atoms with van der Waals surface area (Å²) in [5.74, 6) is 2.43. The molecule has 0 bridgehead atoms. The van der Waals surface area contributed by atoms with Crippen molar-refractivity contribution in [3.05, 3.63) is 18.0 Å². The molecule has 1 N–H and O–H groups in total. The van der Waals surface area contributed by atoms with Crippen molar-refractivity contribution in [1.82, 2.24) is 25.1 Å². The summed E-state index contributed by atoms with van der Waals surface area (Å²) in [5, 5.41) is 16.2. The zero-order valence-corrected chi connectivity index (χ0v) is 15.9. The summed E-state index contributed by atoms with van der Waals surface area (Å²) in [6.07, 6.45) is 5.11. The van der Waals surface area contributed by atoms with Crippen molar-refractivity contribution < 1.29 is 9.53 Å². The molecule has 0 aromatic carbocycles. The Labute approximate surface area is 155 Å². The first kappa shape index (κ1) is 18.3. The number of rotatable bonds is 9. The van der Waals surface area contributed by atoms with Crippen LogP contribution in [0.1, 0.15) is 44.9 Å². The first-order chi connectivity index (χ1) is 12.3. The summed E-state index contributed by atoms with van der Waals surface area (Å²) < 4.78 is 7.00. The first-order valence-corrected chi connectivity index (χ1v) is 11.0. The Bertz CT molecular complexity index is 703. The average Bonchev–Trinajstić information content (AvgIpc) is 3.27. The lowest BCUT2D eigenvalue weighted by Gasteiger charge is -2.07. The molecule has 2 aromatic heterocycles. The van der Waals surface area contributed by atoms with Gasteiger partial charge in [-0.3, -0.25) is 4.79 Å². The van der Waals surface area contributed by atoms with Crippen LogP contribution in [0.5, 0.6) is 5.88 Å². The maximum atomic E-state index is 12.0. The smallest absolute Gasteiger partial charge is 0.231 e. The van der Waals surface area contributed by atoms with Crippen molar-refractivity contribution in [3.8, 4) is 5.88 Å². The van der Waals surface area contributed by atoms with Crippen LogP contribution in [-0.4, -0.2) is 43.3 Å². The third-order valence-electron chi connectivity index (χ3n) is 3.95. The lowest BCUT2D eigenvalue weighted by Crippen LogP contribution is -2.24. The minimum atomic E-state index is 0.0474. The Hall–Kier alpha value is -1.48. The molecule has 2 aromatic rings. The molecule has 1 saturated heterocycles. The second-order valence-electron chi connectivity index (χ2n) is 5.84. The minimum Gasteiger partial charge on any atom is -0.477 e. The molecule has 0 aliphatic carbocycles. The van der Waals surface area contributed by atoms with Gasteiger partial charge in [0.25, 0.3) is 0 Å². The number of ether oxygens (including phenoxy) is 1. The van der Waals surface area contributed by atoms with Crippen LogP contribution in [0.4, 0.5) is 0 Å². The van der Waals surface area contributed by atoms with E-state index < -0.39 is 0 Å². The van der Waals surface area contributed by atoms with Crippen LogP contribution in [-0.2, 0) is 11.3 Å². The van der Waals surface area contributed by atoms with E-state index in [1.807, 2.05) is 28.5 Å². The molecule has 1 aliphatic rings. The van der Waals surface area contributed by atoms with Gasteiger partial charge in [0.1, 0.15) is 0 Å². The summed E-state index contributed by atoms with van der Waals surface area (Å²) in [4.78, 5) is 12.0. The Morgan fingerprint density at radius 1 is 1.40 bits per heavy atom. The van der Waals surface area contributed by atoms with Crippen molar-refractivity contribution in [2.45, 2.75) is 50.8 Å². The van der Waals surface area contributed by atoms with E-state index in [0.717, 1.165) is 18.1 Å². The molecular formula is C16H23N5O2S2. The number of aromatic nitrogens is 4. The third kappa shape index (κ3) is 5.24. The summed E-state index contributed by atoms with van der Waals surface area (Å²) in [7, 11) is 3.96. The van der Waals surface area contributed by atoms with Gasteiger partial charge in [-0.05, 0) is 32.3 Å². The fraction of sp³-hybridized carbons (Fsp3) is 0.625. The minimum absolute atomic E-state index is 0.0474. The molecule has 136 valence electrons. The molecule has 9 heteroatoms. The summed E-state index contributed by atoms with van der Waals surface area (Å²) in [6, 6.07) is 3.56. The maximum Gasteiger partial charge on any atom is 0.231 e. The lowest BCUT2D eigenvalue weighted by atomic mass is 10.1. The predicted molar refractivity (Wildman–Crippen MR) is 101 cm³/mol. The van der Waals surface area contributed by atoms with Crippen molar-refractivity contribution in [2.75, 3.05) is 12.4 Å². The molecule has 1 amide bonds. The molecule has 1 fully saturated rings.